The predicted octanol–water partition coefficient (Wildman–Crippen LogP) is 6.22. The van der Waals surface area contributed by atoms with Gasteiger partial charge in [-0.15, -0.1) is 0 Å². The second kappa shape index (κ2) is 15.2. The van der Waals surface area contributed by atoms with Gasteiger partial charge in [0.05, 0.1) is 24.4 Å². The minimum atomic E-state index is -0.636. The first-order chi connectivity index (χ1) is 20.7. The molecular formula is C30H27BrCl2N4O5S. The highest BCUT2D eigenvalue weighted by molar-refractivity contribution is 9.10. The molecule has 224 valence electrons. The Balaban J connectivity index is 1.41. The number of esters is 1. The number of hydrogen-bond acceptors (Lipinski definition) is 7. The quantitative estimate of drug-likeness (QED) is 0.0934. The van der Waals surface area contributed by atoms with E-state index >= 15 is 0 Å². The Labute approximate surface area is 272 Å². The molecule has 0 spiro atoms. The fourth-order valence-electron chi connectivity index (χ4n) is 4.15. The van der Waals surface area contributed by atoms with Crippen LogP contribution in [0.25, 0.3) is 0 Å². The highest BCUT2D eigenvalue weighted by Crippen LogP contribution is 2.33. The lowest BCUT2D eigenvalue weighted by Gasteiger charge is -2.30. The molecule has 43 heavy (non-hydrogen) atoms. The molecule has 1 aliphatic heterocycles. The molecule has 3 aromatic carbocycles. The molecular weight excluding hydrogens is 679 g/mol. The first-order valence-corrected chi connectivity index (χ1v) is 15.0. The molecule has 0 fully saturated rings. The third-order valence-electron chi connectivity index (χ3n) is 6.12. The third kappa shape index (κ3) is 8.70. The van der Waals surface area contributed by atoms with Crippen molar-refractivity contribution < 1.29 is 23.8 Å². The number of allylic oxidation sites excluding steroid dienone is 1. The molecule has 4 rings (SSSR count). The van der Waals surface area contributed by atoms with Gasteiger partial charge < -0.3 is 24.8 Å². The number of hydrogen-bond donors (Lipinski definition) is 3. The third-order valence-corrected chi connectivity index (χ3v) is 7.42. The van der Waals surface area contributed by atoms with Crippen LogP contribution in [0, 0.1) is 0 Å². The average molecular weight is 706 g/mol. The van der Waals surface area contributed by atoms with E-state index in [4.69, 9.17) is 49.6 Å². The smallest absolute Gasteiger partial charge is 0.338 e. The van der Waals surface area contributed by atoms with Crippen LogP contribution in [0.4, 0.5) is 0 Å². The Morgan fingerprint density at radius 1 is 1.09 bits per heavy atom. The van der Waals surface area contributed by atoms with Gasteiger partial charge in [-0.3, -0.25) is 4.79 Å². The summed E-state index contributed by atoms with van der Waals surface area (Å²) in [7, 11) is 0. The summed E-state index contributed by atoms with van der Waals surface area (Å²) in [5.41, 5.74) is 5.40. The van der Waals surface area contributed by atoms with Crippen molar-refractivity contribution in [3.8, 4) is 11.5 Å². The number of hydrazone groups is 1. The van der Waals surface area contributed by atoms with Crippen molar-refractivity contribution in [3.63, 3.8) is 0 Å². The van der Waals surface area contributed by atoms with Gasteiger partial charge in [0, 0.05) is 36.9 Å². The van der Waals surface area contributed by atoms with E-state index in [9.17, 15) is 9.59 Å². The molecule has 1 amide bonds. The second-order valence-corrected chi connectivity index (χ2v) is 11.3. The molecule has 1 aliphatic rings. The SMILES string of the molecule is CCOC(=O)C1=C(C)NC(=S)N[C@@H]1c1ccccc1OCC(=O)NN=Cc1cc(Br)ccc1OCc1ccc(Cl)cc1Cl. The number of nitrogens with one attached hydrogen (secondary N) is 3. The van der Waals surface area contributed by atoms with Crippen LogP contribution in [0.3, 0.4) is 0 Å². The molecule has 9 nitrogen and oxygen atoms in total. The monoisotopic (exact) mass is 704 g/mol. The number of rotatable bonds is 11. The Kier molecular flexibility index (Phi) is 11.4. The average Bonchev–Trinajstić information content (AvgIpc) is 2.96. The van der Waals surface area contributed by atoms with Crippen LogP contribution >= 0.6 is 51.3 Å². The molecule has 1 atom stereocenters. The predicted molar refractivity (Wildman–Crippen MR) is 174 cm³/mol. The number of halogens is 3. The summed E-state index contributed by atoms with van der Waals surface area (Å²) in [6.07, 6.45) is 1.47. The van der Waals surface area contributed by atoms with Gasteiger partial charge in [-0.05, 0) is 62.5 Å². The lowest BCUT2D eigenvalue weighted by atomic mass is 9.95. The van der Waals surface area contributed by atoms with Crippen molar-refractivity contribution in [1.29, 1.82) is 0 Å². The van der Waals surface area contributed by atoms with Gasteiger partial charge in [0.1, 0.15) is 18.1 Å². The topological polar surface area (TPSA) is 110 Å². The van der Waals surface area contributed by atoms with Crippen molar-refractivity contribution in [2.45, 2.75) is 26.5 Å². The van der Waals surface area contributed by atoms with Crippen molar-refractivity contribution in [3.05, 3.63) is 103 Å². The largest absolute Gasteiger partial charge is 0.488 e. The number of thiocarbonyl (C=S) groups is 1. The Morgan fingerprint density at radius 2 is 1.88 bits per heavy atom. The van der Waals surface area contributed by atoms with Crippen LogP contribution in [0.1, 0.15) is 36.6 Å². The van der Waals surface area contributed by atoms with Gasteiger partial charge in [0.2, 0.25) is 0 Å². The molecule has 3 aromatic rings. The van der Waals surface area contributed by atoms with Crippen LogP contribution < -0.4 is 25.5 Å². The summed E-state index contributed by atoms with van der Waals surface area (Å²) in [5, 5.41) is 11.5. The zero-order valence-electron chi connectivity index (χ0n) is 23.1. The molecule has 3 N–H and O–H groups in total. The summed E-state index contributed by atoms with van der Waals surface area (Å²) >= 11 is 21.0. The van der Waals surface area contributed by atoms with Crippen molar-refractivity contribution in [2.24, 2.45) is 5.10 Å². The number of carbonyl (C=O) groups excluding carboxylic acids is 2. The minimum Gasteiger partial charge on any atom is -0.488 e. The molecule has 0 aliphatic carbocycles. The van der Waals surface area contributed by atoms with Gasteiger partial charge in [0.25, 0.3) is 5.91 Å². The molecule has 1 heterocycles. The van der Waals surface area contributed by atoms with Crippen LogP contribution in [-0.2, 0) is 20.9 Å². The lowest BCUT2D eigenvalue weighted by molar-refractivity contribution is -0.139. The highest BCUT2D eigenvalue weighted by atomic mass is 79.9. The lowest BCUT2D eigenvalue weighted by Crippen LogP contribution is -2.45. The maximum Gasteiger partial charge on any atom is 0.338 e. The summed E-state index contributed by atoms with van der Waals surface area (Å²) in [6, 6.07) is 17.0. The van der Waals surface area contributed by atoms with E-state index in [1.165, 1.54) is 6.21 Å². The maximum atomic E-state index is 12.8. The van der Waals surface area contributed by atoms with Gasteiger partial charge in [0.15, 0.2) is 11.7 Å². The number of para-hydroxylation sites is 1. The number of carbonyl (C=O) groups is 2. The van der Waals surface area contributed by atoms with Crippen LogP contribution in [-0.4, -0.2) is 36.4 Å². The Morgan fingerprint density at radius 3 is 2.65 bits per heavy atom. The Bertz CT molecular complexity index is 1600. The molecule has 13 heteroatoms. The zero-order chi connectivity index (χ0) is 30.9. The van der Waals surface area contributed by atoms with Crippen LogP contribution in [0.2, 0.25) is 10.0 Å². The summed E-state index contributed by atoms with van der Waals surface area (Å²) in [4.78, 5) is 25.4. The van der Waals surface area contributed by atoms with Crippen molar-refractivity contribution >= 4 is 74.6 Å². The van der Waals surface area contributed by atoms with Gasteiger partial charge in [-0.1, -0.05) is 63.4 Å². The van der Waals surface area contributed by atoms with E-state index in [2.05, 4.69) is 37.1 Å². The van der Waals surface area contributed by atoms with E-state index < -0.39 is 17.9 Å². The van der Waals surface area contributed by atoms with E-state index in [-0.39, 0.29) is 19.8 Å². The van der Waals surface area contributed by atoms with Crippen LogP contribution in [0.5, 0.6) is 11.5 Å². The fraction of sp³-hybridized carbons (Fsp3) is 0.200. The van der Waals surface area contributed by atoms with Gasteiger partial charge in [-0.25, -0.2) is 10.2 Å². The second-order valence-electron chi connectivity index (χ2n) is 9.12. The van der Waals surface area contributed by atoms with E-state index in [1.54, 1.807) is 68.4 Å². The minimum absolute atomic E-state index is 0.210. The number of nitrogens with zero attached hydrogens (tertiary/aromatic N) is 1. The fourth-order valence-corrected chi connectivity index (χ4v) is 5.27. The first kappa shape index (κ1) is 32.3. The number of amides is 1. The van der Waals surface area contributed by atoms with Crippen molar-refractivity contribution in [2.75, 3.05) is 13.2 Å². The Hall–Kier alpha value is -3.64. The molecule has 0 aromatic heterocycles. The molecule has 0 bridgehead atoms. The van der Waals surface area contributed by atoms with Crippen molar-refractivity contribution in [1.82, 2.24) is 16.1 Å². The van der Waals surface area contributed by atoms with E-state index in [0.717, 1.165) is 10.0 Å². The number of benzene rings is 3. The van der Waals surface area contributed by atoms with Gasteiger partial charge >= 0.3 is 5.97 Å². The first-order valence-electron chi connectivity index (χ1n) is 13.0. The van der Waals surface area contributed by atoms with E-state index in [0.29, 0.717) is 49.1 Å². The maximum absolute atomic E-state index is 12.8. The summed E-state index contributed by atoms with van der Waals surface area (Å²) in [6.45, 7) is 3.57. The van der Waals surface area contributed by atoms with E-state index in [1.807, 2.05) is 6.07 Å². The zero-order valence-corrected chi connectivity index (χ0v) is 27.0. The standard InChI is InChI=1S/C30H27BrCl2N4O5S/c1-3-40-29(39)27-17(2)35-30(43)36-28(27)22-6-4-5-7-25(22)42-16-26(38)37-34-14-19-12-20(31)9-11-24(19)41-15-18-8-10-21(32)13-23(18)33/h4-14,28H,3,15-16H2,1-2H3,(H,37,38)(H2,35,36,43)/t28-/m1/s1. The molecule has 0 saturated heterocycles. The summed E-state index contributed by atoms with van der Waals surface area (Å²) < 4.78 is 17.9. The molecule has 0 unspecified atom stereocenters. The van der Waals surface area contributed by atoms with Crippen LogP contribution in [0.15, 0.2) is 81.5 Å². The normalized spacial score (nSPS) is 14.6. The van der Waals surface area contributed by atoms with Gasteiger partial charge in [-0.2, -0.15) is 5.10 Å². The summed E-state index contributed by atoms with van der Waals surface area (Å²) in [5.74, 6) is -0.0587. The number of ether oxygens (including phenoxy) is 3. The molecule has 0 radical (unpaired) electrons. The molecule has 0 saturated carbocycles. The highest BCUT2D eigenvalue weighted by Gasteiger charge is 2.32.